The molecule has 134 valence electrons. The maximum Gasteiger partial charge on any atom is 0.232 e. The van der Waals surface area contributed by atoms with Crippen molar-refractivity contribution in [2.75, 3.05) is 30.3 Å². The molecule has 1 N–H and O–H groups in total. The quantitative estimate of drug-likeness (QED) is 0.771. The molecule has 0 radical (unpaired) electrons. The van der Waals surface area contributed by atoms with E-state index in [9.17, 15) is 13.2 Å². The number of ether oxygens (including phenoxy) is 1. The maximum absolute atomic E-state index is 12.2. The van der Waals surface area contributed by atoms with Gasteiger partial charge in [-0.1, -0.05) is 25.1 Å². The summed E-state index contributed by atoms with van der Waals surface area (Å²) in [7, 11) is -3.45. The first-order valence-electron chi connectivity index (χ1n) is 8.35. The number of sulfonamides is 1. The lowest BCUT2D eigenvalue weighted by molar-refractivity contribution is -0.121. The monoisotopic (exact) mass is 354 g/mol. The van der Waals surface area contributed by atoms with E-state index in [-0.39, 0.29) is 25.0 Å². The Morgan fingerprint density at radius 1 is 1.38 bits per heavy atom. The van der Waals surface area contributed by atoms with E-state index in [1.165, 1.54) is 10.6 Å². The first-order chi connectivity index (χ1) is 11.4. The molecule has 0 bridgehead atoms. The topological polar surface area (TPSA) is 75.7 Å². The summed E-state index contributed by atoms with van der Waals surface area (Å²) in [5, 5.41) is 2.83. The highest BCUT2D eigenvalue weighted by Crippen LogP contribution is 2.23. The number of nitrogens with zero attached hydrogens (tertiary/aromatic N) is 1. The van der Waals surface area contributed by atoms with E-state index in [1.54, 1.807) is 6.07 Å². The fourth-order valence-corrected chi connectivity index (χ4v) is 3.80. The number of aryl methyl sites for hydroxylation is 1. The van der Waals surface area contributed by atoms with E-state index in [0.29, 0.717) is 12.2 Å². The number of benzene rings is 1. The molecule has 7 heteroatoms. The molecule has 0 aliphatic carbocycles. The predicted molar refractivity (Wildman–Crippen MR) is 94.6 cm³/mol. The minimum absolute atomic E-state index is 0.0841. The number of hydrogen-bond donors (Lipinski definition) is 1. The van der Waals surface area contributed by atoms with Gasteiger partial charge >= 0.3 is 0 Å². The largest absolute Gasteiger partial charge is 0.376 e. The summed E-state index contributed by atoms with van der Waals surface area (Å²) in [6, 6.07) is 7.39. The molecule has 1 aromatic carbocycles. The molecule has 0 spiro atoms. The van der Waals surface area contributed by atoms with Crippen LogP contribution in [0.25, 0.3) is 0 Å². The summed E-state index contributed by atoms with van der Waals surface area (Å²) in [4.78, 5) is 12.0. The number of nitrogens with one attached hydrogen (secondary N) is 1. The lowest BCUT2D eigenvalue weighted by Crippen LogP contribution is -2.37. The summed E-state index contributed by atoms with van der Waals surface area (Å²) in [6.07, 6.45) is 4.09. The first-order valence-corrected chi connectivity index (χ1v) is 10.2. The third kappa shape index (κ3) is 5.21. The van der Waals surface area contributed by atoms with Crippen LogP contribution < -0.4 is 9.62 Å². The number of amides is 1. The Kier molecular flexibility index (Phi) is 6.62. The zero-order valence-corrected chi connectivity index (χ0v) is 15.1. The third-order valence-electron chi connectivity index (χ3n) is 4.13. The molecule has 1 atom stereocenters. The normalized spacial score (nSPS) is 17.7. The summed E-state index contributed by atoms with van der Waals surface area (Å²) in [5.41, 5.74) is 1.59. The molecular weight excluding hydrogens is 328 g/mol. The van der Waals surface area contributed by atoms with Gasteiger partial charge in [-0.15, -0.1) is 0 Å². The van der Waals surface area contributed by atoms with Crippen LogP contribution in [0.3, 0.4) is 0 Å². The van der Waals surface area contributed by atoms with Crippen LogP contribution in [0, 0.1) is 0 Å². The Labute approximate surface area is 144 Å². The second-order valence-corrected chi connectivity index (χ2v) is 7.91. The summed E-state index contributed by atoms with van der Waals surface area (Å²) >= 11 is 0. The van der Waals surface area contributed by atoms with Gasteiger partial charge in [0.2, 0.25) is 15.9 Å². The van der Waals surface area contributed by atoms with Crippen LogP contribution >= 0.6 is 0 Å². The smallest absolute Gasteiger partial charge is 0.232 e. The standard InChI is InChI=1S/C17H26N2O4S/c1-3-14-7-4-5-9-16(14)19(24(2,21)22)11-10-17(20)18-13-15-8-6-12-23-15/h4-5,7,9,15H,3,6,8,10-13H2,1-2H3,(H,18,20). The minimum Gasteiger partial charge on any atom is -0.376 e. The highest BCUT2D eigenvalue weighted by molar-refractivity contribution is 7.92. The van der Waals surface area contributed by atoms with E-state index in [0.717, 1.165) is 31.4 Å². The van der Waals surface area contributed by atoms with Gasteiger partial charge in [-0.05, 0) is 30.9 Å². The molecule has 1 amide bonds. The molecule has 1 aliphatic rings. The van der Waals surface area contributed by atoms with Crippen molar-refractivity contribution in [2.45, 2.75) is 38.7 Å². The van der Waals surface area contributed by atoms with Gasteiger partial charge in [0.05, 0.1) is 18.0 Å². The SMILES string of the molecule is CCc1ccccc1N(CCC(=O)NCC1CCCO1)S(C)(=O)=O. The summed E-state index contributed by atoms with van der Waals surface area (Å²) in [5.74, 6) is -0.159. The number of para-hydroxylation sites is 1. The number of anilines is 1. The molecule has 1 saturated heterocycles. The third-order valence-corrected chi connectivity index (χ3v) is 5.31. The number of carbonyl (C=O) groups is 1. The van der Waals surface area contributed by atoms with Crippen LogP contribution in [0.2, 0.25) is 0 Å². The Hall–Kier alpha value is -1.60. The van der Waals surface area contributed by atoms with Crippen LogP contribution in [-0.4, -0.2) is 46.4 Å². The van der Waals surface area contributed by atoms with Gasteiger partial charge in [0.1, 0.15) is 0 Å². The van der Waals surface area contributed by atoms with Gasteiger partial charge in [0.15, 0.2) is 0 Å². The van der Waals surface area contributed by atoms with Crippen molar-refractivity contribution in [2.24, 2.45) is 0 Å². The number of rotatable bonds is 8. The fraction of sp³-hybridized carbons (Fsp3) is 0.588. The highest BCUT2D eigenvalue weighted by Gasteiger charge is 2.21. The van der Waals surface area contributed by atoms with E-state index >= 15 is 0 Å². The van der Waals surface area contributed by atoms with Gasteiger partial charge in [-0.3, -0.25) is 9.10 Å². The van der Waals surface area contributed by atoms with Crippen molar-refractivity contribution in [3.8, 4) is 0 Å². The van der Waals surface area contributed by atoms with E-state index in [1.807, 2.05) is 25.1 Å². The molecule has 1 aliphatic heterocycles. The van der Waals surface area contributed by atoms with Gasteiger partial charge < -0.3 is 10.1 Å². The molecule has 1 heterocycles. The average molecular weight is 354 g/mol. The maximum atomic E-state index is 12.2. The molecule has 0 aromatic heterocycles. The average Bonchev–Trinajstić information content (AvgIpc) is 3.05. The Balaban J connectivity index is 1.98. The van der Waals surface area contributed by atoms with Crippen LogP contribution in [-0.2, 0) is 26.0 Å². The van der Waals surface area contributed by atoms with Crippen molar-refractivity contribution < 1.29 is 17.9 Å². The van der Waals surface area contributed by atoms with Crippen molar-refractivity contribution >= 4 is 21.6 Å². The Morgan fingerprint density at radius 3 is 2.75 bits per heavy atom. The number of hydrogen-bond acceptors (Lipinski definition) is 4. The van der Waals surface area contributed by atoms with Crippen LogP contribution in [0.5, 0.6) is 0 Å². The fourth-order valence-electron chi connectivity index (χ4n) is 2.84. The molecule has 1 fully saturated rings. The van der Waals surface area contributed by atoms with Gasteiger partial charge in [0, 0.05) is 26.1 Å². The number of carbonyl (C=O) groups excluding carboxylic acids is 1. The summed E-state index contributed by atoms with van der Waals surface area (Å²) in [6.45, 7) is 3.35. The van der Waals surface area contributed by atoms with Crippen LogP contribution in [0.1, 0.15) is 31.7 Å². The molecule has 2 rings (SSSR count). The van der Waals surface area contributed by atoms with Crippen LogP contribution in [0.4, 0.5) is 5.69 Å². The molecule has 1 unspecified atom stereocenters. The lowest BCUT2D eigenvalue weighted by Gasteiger charge is -2.24. The zero-order chi connectivity index (χ0) is 17.6. The highest BCUT2D eigenvalue weighted by atomic mass is 32.2. The van der Waals surface area contributed by atoms with Gasteiger partial charge in [0.25, 0.3) is 0 Å². The summed E-state index contributed by atoms with van der Waals surface area (Å²) < 4.78 is 31.1. The van der Waals surface area contributed by atoms with Crippen molar-refractivity contribution in [1.82, 2.24) is 5.32 Å². The molecular formula is C17H26N2O4S. The van der Waals surface area contributed by atoms with Gasteiger partial charge in [-0.25, -0.2) is 8.42 Å². The molecule has 0 saturated carbocycles. The van der Waals surface area contributed by atoms with Crippen molar-refractivity contribution in [1.29, 1.82) is 0 Å². The van der Waals surface area contributed by atoms with E-state index in [4.69, 9.17) is 4.74 Å². The van der Waals surface area contributed by atoms with E-state index in [2.05, 4.69) is 5.32 Å². The lowest BCUT2D eigenvalue weighted by atomic mass is 10.1. The molecule has 24 heavy (non-hydrogen) atoms. The second-order valence-electron chi connectivity index (χ2n) is 6.01. The minimum atomic E-state index is -3.45. The zero-order valence-electron chi connectivity index (χ0n) is 14.3. The molecule has 6 nitrogen and oxygen atoms in total. The van der Waals surface area contributed by atoms with Gasteiger partial charge in [-0.2, -0.15) is 0 Å². The van der Waals surface area contributed by atoms with Crippen LogP contribution in [0.15, 0.2) is 24.3 Å². The van der Waals surface area contributed by atoms with Crippen molar-refractivity contribution in [3.05, 3.63) is 29.8 Å². The molecule has 1 aromatic rings. The second kappa shape index (κ2) is 8.48. The Morgan fingerprint density at radius 2 is 2.12 bits per heavy atom. The van der Waals surface area contributed by atoms with Crippen molar-refractivity contribution in [3.63, 3.8) is 0 Å². The predicted octanol–water partition coefficient (Wildman–Crippen LogP) is 1.70. The first kappa shape index (κ1) is 18.7. The Bertz CT molecular complexity index is 654. The van der Waals surface area contributed by atoms with E-state index < -0.39 is 10.0 Å².